The van der Waals surface area contributed by atoms with Crippen molar-refractivity contribution < 1.29 is 22.7 Å². The van der Waals surface area contributed by atoms with Crippen molar-refractivity contribution in [3.63, 3.8) is 0 Å². The lowest BCUT2D eigenvalue weighted by atomic mass is 10.1. The Morgan fingerprint density at radius 3 is 2.65 bits per heavy atom. The van der Waals surface area contributed by atoms with Crippen LogP contribution in [-0.2, 0) is 6.61 Å². The first-order valence-electron chi connectivity index (χ1n) is 9.90. The summed E-state index contributed by atoms with van der Waals surface area (Å²) in [4.78, 5) is 12.8. The summed E-state index contributed by atoms with van der Waals surface area (Å²) >= 11 is 5.68. The SMILES string of the molecule is O=C(Nc1ccc(OCc2ccc(Cl)c(F)c2)cc1)c1coc2cc(-c3nn[nH]n3)c(F)cc12. The smallest absolute Gasteiger partial charge is 0.259 e. The summed E-state index contributed by atoms with van der Waals surface area (Å²) in [6, 6.07) is 13.6. The minimum atomic E-state index is -0.619. The molecule has 0 aliphatic carbocycles. The van der Waals surface area contributed by atoms with Gasteiger partial charge in [0, 0.05) is 11.1 Å². The lowest BCUT2D eigenvalue weighted by Gasteiger charge is -2.09. The van der Waals surface area contributed by atoms with E-state index in [1.165, 1.54) is 30.5 Å². The molecule has 34 heavy (non-hydrogen) atoms. The van der Waals surface area contributed by atoms with Crippen LogP contribution in [0.4, 0.5) is 14.5 Å². The van der Waals surface area contributed by atoms with Gasteiger partial charge in [-0.15, -0.1) is 10.2 Å². The summed E-state index contributed by atoms with van der Waals surface area (Å²) in [5.41, 5.74) is 1.68. The second-order valence-corrected chi connectivity index (χ2v) is 7.64. The van der Waals surface area contributed by atoms with Crippen LogP contribution >= 0.6 is 11.6 Å². The summed E-state index contributed by atoms with van der Waals surface area (Å²) < 4.78 is 39.2. The van der Waals surface area contributed by atoms with Crippen LogP contribution in [0.25, 0.3) is 22.4 Å². The van der Waals surface area contributed by atoms with Crippen LogP contribution in [0.1, 0.15) is 15.9 Å². The van der Waals surface area contributed by atoms with Gasteiger partial charge in [0.1, 0.15) is 35.8 Å². The molecule has 2 aromatic heterocycles. The van der Waals surface area contributed by atoms with Gasteiger partial charge >= 0.3 is 0 Å². The molecule has 0 unspecified atom stereocenters. The van der Waals surface area contributed by atoms with E-state index >= 15 is 0 Å². The first-order valence-corrected chi connectivity index (χ1v) is 10.3. The molecule has 0 fully saturated rings. The number of rotatable bonds is 6. The highest BCUT2D eigenvalue weighted by Gasteiger charge is 2.19. The number of aromatic nitrogens is 4. The first-order chi connectivity index (χ1) is 16.5. The summed E-state index contributed by atoms with van der Waals surface area (Å²) in [6.45, 7) is 0.151. The van der Waals surface area contributed by atoms with Gasteiger partial charge in [-0.25, -0.2) is 8.78 Å². The lowest BCUT2D eigenvalue weighted by Crippen LogP contribution is -2.11. The maximum Gasteiger partial charge on any atom is 0.259 e. The van der Waals surface area contributed by atoms with Crippen LogP contribution < -0.4 is 10.1 Å². The number of hydrogen-bond donors (Lipinski definition) is 2. The number of furan rings is 1. The number of nitrogens with one attached hydrogen (secondary N) is 2. The number of carbonyl (C=O) groups is 1. The molecule has 0 aliphatic rings. The van der Waals surface area contributed by atoms with Gasteiger partial charge in [0.05, 0.1) is 16.1 Å². The zero-order chi connectivity index (χ0) is 23.7. The Bertz CT molecular complexity index is 1490. The molecule has 5 aromatic rings. The van der Waals surface area contributed by atoms with Gasteiger partial charge in [0.15, 0.2) is 0 Å². The number of carbonyl (C=O) groups excluding carboxylic acids is 1. The molecule has 0 saturated carbocycles. The maximum atomic E-state index is 14.6. The van der Waals surface area contributed by atoms with Crippen LogP contribution in [0.2, 0.25) is 5.02 Å². The maximum absolute atomic E-state index is 14.6. The quantitative estimate of drug-likeness (QED) is 0.337. The van der Waals surface area contributed by atoms with Crippen molar-refractivity contribution in [2.24, 2.45) is 0 Å². The minimum absolute atomic E-state index is 0.0457. The van der Waals surface area contributed by atoms with E-state index in [1.54, 1.807) is 30.3 Å². The van der Waals surface area contributed by atoms with Crippen LogP contribution in [0, 0.1) is 11.6 Å². The van der Waals surface area contributed by atoms with Crippen LogP contribution in [0.15, 0.2) is 65.3 Å². The highest BCUT2D eigenvalue weighted by molar-refractivity contribution is 6.30. The van der Waals surface area contributed by atoms with E-state index in [4.69, 9.17) is 20.8 Å². The molecule has 0 spiro atoms. The molecule has 2 heterocycles. The average Bonchev–Trinajstić information content (AvgIpc) is 3.50. The molecule has 5 rings (SSSR count). The normalized spacial score (nSPS) is 11.0. The number of anilines is 1. The highest BCUT2D eigenvalue weighted by atomic mass is 35.5. The van der Waals surface area contributed by atoms with E-state index in [-0.39, 0.29) is 28.6 Å². The van der Waals surface area contributed by atoms with Crippen molar-refractivity contribution >= 4 is 34.2 Å². The fourth-order valence-electron chi connectivity index (χ4n) is 3.30. The van der Waals surface area contributed by atoms with Gasteiger partial charge < -0.3 is 14.5 Å². The third kappa shape index (κ3) is 4.30. The Hall–Kier alpha value is -4.31. The number of ether oxygens (including phenoxy) is 1. The van der Waals surface area contributed by atoms with Crippen molar-refractivity contribution in [1.29, 1.82) is 0 Å². The Morgan fingerprint density at radius 1 is 1.09 bits per heavy atom. The van der Waals surface area contributed by atoms with Crippen molar-refractivity contribution in [3.05, 3.63) is 88.6 Å². The zero-order valence-corrected chi connectivity index (χ0v) is 17.9. The van der Waals surface area contributed by atoms with Gasteiger partial charge in [0.2, 0.25) is 5.82 Å². The van der Waals surface area contributed by atoms with Crippen LogP contribution in [0.3, 0.4) is 0 Å². The van der Waals surface area contributed by atoms with Crippen molar-refractivity contribution in [2.45, 2.75) is 6.61 Å². The number of halogens is 3. The summed E-state index contributed by atoms with van der Waals surface area (Å²) in [5, 5.41) is 16.3. The molecule has 2 N–H and O–H groups in total. The Kier molecular flexibility index (Phi) is 5.64. The number of nitrogens with zero attached hydrogens (tertiary/aromatic N) is 3. The molecule has 1 amide bonds. The molecular formula is C23H14ClF2N5O3. The van der Waals surface area contributed by atoms with E-state index in [1.807, 2.05) is 0 Å². The number of aromatic amines is 1. The number of H-pyrrole nitrogens is 1. The average molecular weight is 482 g/mol. The van der Waals surface area contributed by atoms with Crippen molar-refractivity contribution in [1.82, 2.24) is 20.6 Å². The largest absolute Gasteiger partial charge is 0.489 e. The highest BCUT2D eigenvalue weighted by Crippen LogP contribution is 2.29. The lowest BCUT2D eigenvalue weighted by molar-refractivity contribution is 0.102. The monoisotopic (exact) mass is 481 g/mol. The number of amides is 1. The molecule has 0 aliphatic heterocycles. The Morgan fingerprint density at radius 2 is 1.91 bits per heavy atom. The standard InChI is InChI=1S/C23H14ClF2N5O3/c24-18-6-1-12(7-20(18)26)10-33-14-4-2-13(3-5-14)27-23(32)17-11-34-21-9-16(19(25)8-15(17)21)22-28-30-31-29-22/h1-9,11H,10H2,(H,27,32)(H,28,29,30,31). The number of hydrogen-bond acceptors (Lipinski definition) is 6. The van der Waals surface area contributed by atoms with Gasteiger partial charge in [-0.3, -0.25) is 4.79 Å². The molecule has 11 heteroatoms. The minimum Gasteiger partial charge on any atom is -0.489 e. The van der Waals surface area contributed by atoms with E-state index in [0.717, 1.165) is 0 Å². The van der Waals surface area contributed by atoms with Crippen molar-refractivity contribution in [3.8, 4) is 17.1 Å². The Balaban J connectivity index is 1.27. The molecular weight excluding hydrogens is 468 g/mol. The fraction of sp³-hybridized carbons (Fsp3) is 0.0435. The summed E-state index contributed by atoms with van der Waals surface area (Å²) in [7, 11) is 0. The number of fused-ring (bicyclic) bond motifs is 1. The molecule has 0 atom stereocenters. The Labute approximate surface area is 195 Å². The first kappa shape index (κ1) is 21.5. The van der Waals surface area contributed by atoms with Gasteiger partial charge in [0.25, 0.3) is 5.91 Å². The second-order valence-electron chi connectivity index (χ2n) is 7.23. The molecule has 3 aromatic carbocycles. The van der Waals surface area contributed by atoms with E-state index < -0.39 is 17.5 Å². The molecule has 8 nitrogen and oxygen atoms in total. The van der Waals surface area contributed by atoms with Gasteiger partial charge in [-0.1, -0.05) is 17.7 Å². The predicted octanol–water partition coefficient (Wildman–Crippen LogP) is 5.38. The molecule has 0 saturated heterocycles. The van der Waals surface area contributed by atoms with Crippen molar-refractivity contribution in [2.75, 3.05) is 5.32 Å². The molecule has 170 valence electrons. The van der Waals surface area contributed by atoms with Crippen LogP contribution in [0.5, 0.6) is 5.75 Å². The summed E-state index contributed by atoms with van der Waals surface area (Å²) in [6.07, 6.45) is 1.25. The second kappa shape index (κ2) is 8.91. The van der Waals surface area contributed by atoms with E-state index in [9.17, 15) is 13.6 Å². The predicted molar refractivity (Wildman–Crippen MR) is 119 cm³/mol. The topological polar surface area (TPSA) is 106 Å². The van der Waals surface area contributed by atoms with E-state index in [2.05, 4.69) is 25.9 Å². The molecule has 0 bridgehead atoms. The third-order valence-electron chi connectivity index (χ3n) is 5.00. The number of benzene rings is 3. The molecule has 0 radical (unpaired) electrons. The summed E-state index contributed by atoms with van der Waals surface area (Å²) in [5.74, 6) is -1.01. The fourth-order valence-corrected chi connectivity index (χ4v) is 3.42. The van der Waals surface area contributed by atoms with Gasteiger partial charge in [-0.05, 0) is 59.3 Å². The van der Waals surface area contributed by atoms with Crippen LogP contribution in [-0.4, -0.2) is 26.5 Å². The van der Waals surface area contributed by atoms with Gasteiger partial charge in [-0.2, -0.15) is 5.21 Å². The third-order valence-corrected chi connectivity index (χ3v) is 5.30. The van der Waals surface area contributed by atoms with E-state index in [0.29, 0.717) is 28.0 Å². The zero-order valence-electron chi connectivity index (χ0n) is 17.2. The number of tetrazole rings is 1.